The number of carbonyl (C=O) groups is 4. The van der Waals surface area contributed by atoms with Gasteiger partial charge in [-0.05, 0) is 24.1 Å². The smallest absolute Gasteiger partial charge is 0.351 e. The number of rotatable bonds is 8. The van der Waals surface area contributed by atoms with Gasteiger partial charge in [-0.1, -0.05) is 0 Å². The maximum Gasteiger partial charge on any atom is 0.351 e. The van der Waals surface area contributed by atoms with Gasteiger partial charge in [0.05, 0.1) is 0 Å². The molecular formula is C14H17N3O7. The number of aliphatic imine (C=N–C) groups is 1. The molecule has 10 nitrogen and oxygen atoms in total. The van der Waals surface area contributed by atoms with Crippen LogP contribution in [0.4, 0.5) is 0 Å². The zero-order valence-corrected chi connectivity index (χ0v) is 12.5. The van der Waals surface area contributed by atoms with Crippen LogP contribution in [0.5, 0.6) is 0 Å². The standard InChI is InChI=1S/C14H17N3O7/c15-11(18)2-1-8(12(19)20)16-4-3-7-5-9(13(21)22)17-10(6-7)14(23)24/h3-5,8,10,17H,1-2,6H2,(H2,15,18)(H,19,20)(H,21,22)(H,23,24)/t8-,10-/m0/s1. The van der Waals surface area contributed by atoms with Gasteiger partial charge in [0.2, 0.25) is 5.91 Å². The van der Waals surface area contributed by atoms with Gasteiger partial charge in [0, 0.05) is 19.1 Å². The lowest BCUT2D eigenvalue weighted by atomic mass is 10.00. The molecule has 0 bridgehead atoms. The Morgan fingerprint density at radius 2 is 2.00 bits per heavy atom. The van der Waals surface area contributed by atoms with Gasteiger partial charge in [0.15, 0.2) is 0 Å². The Morgan fingerprint density at radius 3 is 2.50 bits per heavy atom. The minimum atomic E-state index is -1.31. The molecular weight excluding hydrogens is 322 g/mol. The normalized spacial score (nSPS) is 20.2. The molecule has 1 aliphatic rings. The number of carboxylic acids is 3. The molecule has 1 heterocycles. The maximum absolute atomic E-state index is 11.0. The fourth-order valence-corrected chi connectivity index (χ4v) is 1.93. The monoisotopic (exact) mass is 339 g/mol. The molecule has 1 amide bonds. The zero-order valence-electron chi connectivity index (χ0n) is 12.5. The van der Waals surface area contributed by atoms with E-state index in [1.807, 2.05) is 0 Å². The minimum absolute atomic E-state index is 0.0111. The second-order valence-corrected chi connectivity index (χ2v) is 5.00. The third-order valence-electron chi connectivity index (χ3n) is 3.13. The van der Waals surface area contributed by atoms with Gasteiger partial charge in [-0.15, -0.1) is 0 Å². The van der Waals surface area contributed by atoms with Crippen LogP contribution in [0.3, 0.4) is 0 Å². The van der Waals surface area contributed by atoms with E-state index in [-0.39, 0.29) is 25.0 Å². The van der Waals surface area contributed by atoms with Gasteiger partial charge in [-0.3, -0.25) is 9.79 Å². The largest absolute Gasteiger partial charge is 0.480 e. The van der Waals surface area contributed by atoms with Crippen LogP contribution in [-0.4, -0.2) is 57.4 Å². The fraction of sp³-hybridized carbons (Fsp3) is 0.357. The van der Waals surface area contributed by atoms with Crippen molar-refractivity contribution in [2.45, 2.75) is 31.3 Å². The van der Waals surface area contributed by atoms with Gasteiger partial charge < -0.3 is 26.4 Å². The first kappa shape index (κ1) is 18.9. The van der Waals surface area contributed by atoms with Gasteiger partial charge in [-0.2, -0.15) is 0 Å². The van der Waals surface area contributed by atoms with Crippen molar-refractivity contribution < 1.29 is 34.5 Å². The lowest BCUT2D eigenvalue weighted by Gasteiger charge is -2.21. The number of allylic oxidation sites excluding steroid dienone is 2. The quantitative estimate of drug-likeness (QED) is 0.353. The summed E-state index contributed by atoms with van der Waals surface area (Å²) in [6.07, 6.45) is 3.53. The first-order valence-corrected chi connectivity index (χ1v) is 6.88. The summed E-state index contributed by atoms with van der Waals surface area (Å²) in [4.78, 5) is 47.5. The first-order chi connectivity index (χ1) is 11.2. The van der Waals surface area contributed by atoms with Crippen LogP contribution < -0.4 is 11.1 Å². The van der Waals surface area contributed by atoms with E-state index in [0.29, 0.717) is 5.57 Å². The van der Waals surface area contributed by atoms with Gasteiger partial charge in [0.1, 0.15) is 17.8 Å². The van der Waals surface area contributed by atoms with Crippen molar-refractivity contribution in [1.82, 2.24) is 5.32 Å². The summed E-state index contributed by atoms with van der Waals surface area (Å²) in [6, 6.07) is -2.28. The van der Waals surface area contributed by atoms with Crippen molar-refractivity contribution in [3.05, 3.63) is 23.4 Å². The summed E-state index contributed by atoms with van der Waals surface area (Å²) in [5.74, 6) is -4.41. The number of hydrogen-bond acceptors (Lipinski definition) is 6. The Kier molecular flexibility index (Phi) is 6.65. The molecule has 0 aliphatic carbocycles. The molecule has 0 aromatic carbocycles. The van der Waals surface area contributed by atoms with E-state index in [2.05, 4.69) is 10.3 Å². The van der Waals surface area contributed by atoms with Crippen LogP contribution in [0.25, 0.3) is 0 Å². The molecule has 0 radical (unpaired) electrons. The Balaban J connectivity index is 2.90. The second-order valence-electron chi connectivity index (χ2n) is 5.00. The van der Waals surface area contributed by atoms with Crippen molar-refractivity contribution >= 4 is 30.0 Å². The number of carbonyl (C=O) groups excluding carboxylic acids is 1. The summed E-state index contributed by atoms with van der Waals surface area (Å²) in [6.45, 7) is 0. The van der Waals surface area contributed by atoms with E-state index in [4.69, 9.17) is 21.1 Å². The molecule has 0 aromatic heterocycles. The summed E-state index contributed by atoms with van der Waals surface area (Å²) < 4.78 is 0. The summed E-state index contributed by atoms with van der Waals surface area (Å²) in [5, 5.41) is 29.3. The molecule has 0 aromatic rings. The Labute approximate surface area is 136 Å². The van der Waals surface area contributed by atoms with Crippen molar-refractivity contribution in [3.8, 4) is 0 Å². The highest BCUT2D eigenvalue weighted by Crippen LogP contribution is 2.16. The number of nitrogens with one attached hydrogen (secondary N) is 1. The van der Waals surface area contributed by atoms with Crippen LogP contribution in [0.2, 0.25) is 0 Å². The predicted octanol–water partition coefficient (Wildman–Crippen LogP) is -0.883. The third kappa shape index (κ3) is 5.91. The highest BCUT2D eigenvalue weighted by molar-refractivity contribution is 5.90. The SMILES string of the molecule is NC(=O)CC[C@H](N=CC=C1C=C(C(=O)O)N[C@H](C(=O)O)C1)C(=O)O. The minimum Gasteiger partial charge on any atom is -0.480 e. The Hall–Kier alpha value is -3.17. The average Bonchev–Trinajstić information content (AvgIpc) is 2.49. The van der Waals surface area contributed by atoms with Gasteiger partial charge in [0.25, 0.3) is 0 Å². The lowest BCUT2D eigenvalue weighted by molar-refractivity contribution is -0.140. The van der Waals surface area contributed by atoms with Crippen LogP contribution >= 0.6 is 0 Å². The lowest BCUT2D eigenvalue weighted by Crippen LogP contribution is -2.41. The van der Waals surface area contributed by atoms with Crippen molar-refractivity contribution in [3.63, 3.8) is 0 Å². The number of amides is 1. The number of nitrogens with zero attached hydrogens (tertiary/aromatic N) is 1. The Morgan fingerprint density at radius 1 is 1.33 bits per heavy atom. The summed E-state index contributed by atoms with van der Waals surface area (Å²) in [5.41, 5.74) is 5.03. The molecule has 6 N–H and O–H groups in total. The fourth-order valence-electron chi connectivity index (χ4n) is 1.93. The first-order valence-electron chi connectivity index (χ1n) is 6.88. The summed E-state index contributed by atoms with van der Waals surface area (Å²) >= 11 is 0. The molecule has 130 valence electrons. The van der Waals surface area contributed by atoms with Crippen LogP contribution in [0.1, 0.15) is 19.3 Å². The molecule has 2 atom stereocenters. The van der Waals surface area contributed by atoms with E-state index >= 15 is 0 Å². The van der Waals surface area contributed by atoms with E-state index in [0.717, 1.165) is 6.21 Å². The predicted molar refractivity (Wildman–Crippen MR) is 81.3 cm³/mol. The van der Waals surface area contributed by atoms with Crippen LogP contribution in [0.15, 0.2) is 28.4 Å². The molecule has 1 rings (SSSR count). The molecule has 0 saturated heterocycles. The number of aliphatic carboxylic acids is 3. The van der Waals surface area contributed by atoms with E-state index in [1.54, 1.807) is 0 Å². The van der Waals surface area contributed by atoms with Gasteiger partial charge in [-0.25, -0.2) is 14.4 Å². The van der Waals surface area contributed by atoms with Crippen molar-refractivity contribution in [1.29, 1.82) is 0 Å². The van der Waals surface area contributed by atoms with E-state index in [9.17, 15) is 19.2 Å². The molecule has 1 aliphatic heterocycles. The highest BCUT2D eigenvalue weighted by atomic mass is 16.4. The van der Waals surface area contributed by atoms with Gasteiger partial charge >= 0.3 is 17.9 Å². The molecule has 0 saturated carbocycles. The van der Waals surface area contributed by atoms with Crippen LogP contribution in [0, 0.1) is 0 Å². The number of hydrogen-bond donors (Lipinski definition) is 5. The second kappa shape index (κ2) is 8.46. The van der Waals surface area contributed by atoms with E-state index in [1.165, 1.54) is 12.2 Å². The summed E-state index contributed by atoms with van der Waals surface area (Å²) in [7, 11) is 0. The molecule has 0 fully saturated rings. The topological polar surface area (TPSA) is 179 Å². The third-order valence-corrected chi connectivity index (χ3v) is 3.13. The molecule has 0 unspecified atom stereocenters. The molecule has 0 spiro atoms. The number of nitrogens with two attached hydrogens (primary N) is 1. The number of carboxylic acid groups (broad SMARTS) is 3. The van der Waals surface area contributed by atoms with Crippen molar-refractivity contribution in [2.24, 2.45) is 10.7 Å². The zero-order chi connectivity index (χ0) is 18.3. The van der Waals surface area contributed by atoms with Crippen molar-refractivity contribution in [2.75, 3.05) is 0 Å². The molecule has 24 heavy (non-hydrogen) atoms. The average molecular weight is 339 g/mol. The maximum atomic E-state index is 11.0. The Bertz CT molecular complexity index is 636. The van der Waals surface area contributed by atoms with E-state index < -0.39 is 35.9 Å². The highest BCUT2D eigenvalue weighted by Gasteiger charge is 2.26. The van der Waals surface area contributed by atoms with Crippen LogP contribution in [-0.2, 0) is 19.2 Å². The number of primary amides is 1. The molecule has 10 heteroatoms.